The van der Waals surface area contributed by atoms with Gasteiger partial charge >= 0.3 is 5.97 Å². The van der Waals surface area contributed by atoms with Crippen molar-refractivity contribution >= 4 is 39.2 Å². The van der Waals surface area contributed by atoms with E-state index in [0.29, 0.717) is 39.4 Å². The quantitative estimate of drug-likeness (QED) is 0.522. The summed E-state index contributed by atoms with van der Waals surface area (Å²) in [4.78, 5) is 23.7. The molecule has 1 N–H and O–H groups in total. The summed E-state index contributed by atoms with van der Waals surface area (Å²) in [6, 6.07) is 10.6. The second kappa shape index (κ2) is 7.56. The molecule has 2 aromatic heterocycles. The lowest BCUT2D eigenvalue weighted by atomic mass is 10.1. The lowest BCUT2D eigenvalue weighted by molar-refractivity contribution is -0.138. The van der Waals surface area contributed by atoms with Crippen LogP contribution in [-0.2, 0) is 17.9 Å². The Morgan fingerprint density at radius 1 is 1.17 bits per heavy atom. The Hall–Kier alpha value is -3.39. The van der Waals surface area contributed by atoms with Crippen molar-refractivity contribution in [3.8, 4) is 5.75 Å². The maximum atomic E-state index is 12.5. The van der Waals surface area contributed by atoms with Gasteiger partial charge in [-0.15, -0.1) is 0 Å². The number of hydrogen-bond acceptors (Lipinski definition) is 5. The molecule has 29 heavy (non-hydrogen) atoms. The van der Waals surface area contributed by atoms with Crippen LogP contribution in [0.4, 0.5) is 0 Å². The van der Waals surface area contributed by atoms with Crippen LogP contribution in [0.15, 0.2) is 47.4 Å². The number of rotatable bonds is 6. The number of ether oxygens (including phenoxy) is 1. The first-order chi connectivity index (χ1) is 14.0. The molecule has 2 heterocycles. The topological polar surface area (TPSA) is 99.2 Å². The second-order valence-corrected chi connectivity index (χ2v) is 6.80. The van der Waals surface area contributed by atoms with E-state index in [0.717, 1.165) is 10.1 Å². The second-order valence-electron chi connectivity index (χ2n) is 6.42. The van der Waals surface area contributed by atoms with Crippen molar-refractivity contribution in [1.29, 1.82) is 0 Å². The minimum Gasteiger partial charge on any atom is -0.492 e. The first-order valence-electron chi connectivity index (χ1n) is 8.97. The maximum absolute atomic E-state index is 12.5. The molecule has 4 aromatic rings. The summed E-state index contributed by atoms with van der Waals surface area (Å²) in [5.74, 6) is -0.577. The predicted octanol–water partition coefficient (Wildman–Crippen LogP) is 2.93. The summed E-state index contributed by atoms with van der Waals surface area (Å²) in [5, 5.41) is 20.2. The summed E-state index contributed by atoms with van der Waals surface area (Å²) in [5.41, 5.74) is 0.693. The van der Waals surface area contributed by atoms with Gasteiger partial charge < -0.3 is 9.84 Å². The highest BCUT2D eigenvalue weighted by atomic mass is 35.5. The zero-order chi connectivity index (χ0) is 20.5. The fourth-order valence-electron chi connectivity index (χ4n) is 3.24. The molecular weight excluding hydrogens is 396 g/mol. The van der Waals surface area contributed by atoms with Crippen LogP contribution in [0, 0.1) is 0 Å². The molecule has 0 radical (unpaired) electrons. The molecule has 0 saturated carbocycles. The van der Waals surface area contributed by atoms with E-state index < -0.39 is 18.1 Å². The Kier molecular flexibility index (Phi) is 4.94. The number of nitrogens with zero attached hydrogens (tertiary/aromatic N) is 4. The Bertz CT molecular complexity index is 1300. The van der Waals surface area contributed by atoms with E-state index in [2.05, 4.69) is 10.2 Å². The van der Waals surface area contributed by atoms with Crippen LogP contribution in [0.25, 0.3) is 21.7 Å². The third-order valence-corrected chi connectivity index (χ3v) is 4.83. The minimum absolute atomic E-state index is 0.245. The number of halogens is 1. The normalized spacial score (nSPS) is 11.2. The third kappa shape index (κ3) is 3.54. The molecule has 0 saturated heterocycles. The fourth-order valence-corrected chi connectivity index (χ4v) is 3.51. The van der Waals surface area contributed by atoms with Crippen molar-refractivity contribution < 1.29 is 14.6 Å². The van der Waals surface area contributed by atoms with Crippen molar-refractivity contribution in [1.82, 2.24) is 19.6 Å². The molecule has 2 aromatic carbocycles. The van der Waals surface area contributed by atoms with Crippen LogP contribution < -0.4 is 10.3 Å². The molecule has 0 unspecified atom stereocenters. The minimum atomic E-state index is -1.14. The monoisotopic (exact) mass is 412 g/mol. The molecule has 8 nitrogen and oxygen atoms in total. The van der Waals surface area contributed by atoms with Gasteiger partial charge in [0.25, 0.3) is 5.56 Å². The maximum Gasteiger partial charge on any atom is 0.325 e. The van der Waals surface area contributed by atoms with Crippen LogP contribution in [0.2, 0.25) is 5.02 Å². The summed E-state index contributed by atoms with van der Waals surface area (Å²) < 4.78 is 8.13. The van der Waals surface area contributed by atoms with Crippen molar-refractivity contribution in [3.05, 3.63) is 63.7 Å². The number of carboxylic acids is 1. The summed E-state index contributed by atoms with van der Waals surface area (Å²) in [6.07, 6.45) is 1.82. The van der Waals surface area contributed by atoms with Crippen LogP contribution in [0.5, 0.6) is 5.75 Å². The van der Waals surface area contributed by atoms with Gasteiger partial charge in [-0.1, -0.05) is 29.8 Å². The average Bonchev–Trinajstić information content (AvgIpc) is 3.11. The standard InChI is InChI=1S/C20H17ClN4O4/c1-2-29-16-8-7-12-9-24(23-19(12)18(16)21)10-15-13-5-3-4-6-14(13)20(28)25(22-15)11-17(26)27/h3-9H,2,10-11H2,1H3,(H,26,27). The van der Waals surface area contributed by atoms with Gasteiger partial charge in [-0.2, -0.15) is 10.2 Å². The van der Waals surface area contributed by atoms with Gasteiger partial charge in [0, 0.05) is 17.0 Å². The van der Waals surface area contributed by atoms with E-state index in [1.54, 1.807) is 35.0 Å². The highest BCUT2D eigenvalue weighted by Gasteiger charge is 2.15. The summed E-state index contributed by atoms with van der Waals surface area (Å²) >= 11 is 6.41. The van der Waals surface area contributed by atoms with Gasteiger partial charge in [0.15, 0.2) is 0 Å². The van der Waals surface area contributed by atoms with Gasteiger partial charge in [0.2, 0.25) is 0 Å². The highest BCUT2D eigenvalue weighted by Crippen LogP contribution is 2.32. The third-order valence-electron chi connectivity index (χ3n) is 4.47. The van der Waals surface area contributed by atoms with E-state index >= 15 is 0 Å². The fraction of sp³-hybridized carbons (Fsp3) is 0.200. The summed E-state index contributed by atoms with van der Waals surface area (Å²) in [7, 11) is 0. The van der Waals surface area contributed by atoms with Gasteiger partial charge in [-0.25, -0.2) is 4.68 Å². The summed E-state index contributed by atoms with van der Waals surface area (Å²) in [6.45, 7) is 2.10. The first-order valence-corrected chi connectivity index (χ1v) is 9.34. The SMILES string of the molecule is CCOc1ccc2cn(Cc3nn(CC(=O)O)c(=O)c4ccccc34)nc2c1Cl. The number of carboxylic acid groups (broad SMARTS) is 1. The molecule has 0 aliphatic heterocycles. The Balaban J connectivity index is 1.81. The van der Waals surface area contributed by atoms with E-state index in [1.807, 2.05) is 19.2 Å². The van der Waals surface area contributed by atoms with Crippen LogP contribution in [-0.4, -0.2) is 37.2 Å². The number of hydrogen-bond donors (Lipinski definition) is 1. The Morgan fingerprint density at radius 3 is 2.66 bits per heavy atom. The first kappa shape index (κ1) is 18.9. The molecule has 0 spiro atoms. The number of aromatic nitrogens is 4. The van der Waals surface area contributed by atoms with Crippen molar-refractivity contribution in [3.63, 3.8) is 0 Å². The molecule has 0 aliphatic rings. The molecule has 0 atom stereocenters. The van der Waals surface area contributed by atoms with Crippen LogP contribution in [0.1, 0.15) is 12.6 Å². The lowest BCUT2D eigenvalue weighted by Crippen LogP contribution is -2.28. The van der Waals surface area contributed by atoms with Crippen molar-refractivity contribution in [2.24, 2.45) is 0 Å². The lowest BCUT2D eigenvalue weighted by Gasteiger charge is -2.09. The van der Waals surface area contributed by atoms with E-state index in [-0.39, 0.29) is 6.54 Å². The number of benzene rings is 2. The van der Waals surface area contributed by atoms with Crippen molar-refractivity contribution in [2.45, 2.75) is 20.0 Å². The molecule has 4 rings (SSSR count). The van der Waals surface area contributed by atoms with Gasteiger partial charge in [-0.3, -0.25) is 14.3 Å². The molecule has 0 aliphatic carbocycles. The molecule has 0 bridgehead atoms. The number of fused-ring (bicyclic) bond motifs is 2. The Morgan fingerprint density at radius 2 is 1.93 bits per heavy atom. The van der Waals surface area contributed by atoms with Crippen molar-refractivity contribution in [2.75, 3.05) is 6.61 Å². The van der Waals surface area contributed by atoms with Gasteiger partial charge in [0.1, 0.15) is 22.8 Å². The molecular formula is C20H17ClN4O4. The largest absolute Gasteiger partial charge is 0.492 e. The van der Waals surface area contributed by atoms with Crippen LogP contribution in [0.3, 0.4) is 0 Å². The molecule has 9 heteroatoms. The zero-order valence-electron chi connectivity index (χ0n) is 15.5. The number of aliphatic carboxylic acids is 1. The average molecular weight is 413 g/mol. The van der Waals surface area contributed by atoms with E-state index in [9.17, 15) is 9.59 Å². The smallest absolute Gasteiger partial charge is 0.325 e. The van der Waals surface area contributed by atoms with Crippen LogP contribution >= 0.6 is 11.6 Å². The predicted molar refractivity (Wildman–Crippen MR) is 109 cm³/mol. The molecule has 0 fully saturated rings. The van der Waals surface area contributed by atoms with Gasteiger partial charge in [0.05, 0.1) is 24.2 Å². The van der Waals surface area contributed by atoms with E-state index in [1.165, 1.54) is 0 Å². The Labute approximate surface area is 169 Å². The zero-order valence-corrected chi connectivity index (χ0v) is 16.3. The molecule has 0 amide bonds. The number of carbonyl (C=O) groups is 1. The highest BCUT2D eigenvalue weighted by molar-refractivity contribution is 6.36. The van der Waals surface area contributed by atoms with Gasteiger partial charge in [-0.05, 0) is 25.1 Å². The molecule has 148 valence electrons. The van der Waals surface area contributed by atoms with E-state index in [4.69, 9.17) is 21.4 Å².